The van der Waals surface area contributed by atoms with Crippen LogP contribution >= 0.6 is 0 Å². The molecule has 0 saturated carbocycles. The molecular formula is C15H32N2O3. The molecule has 0 unspecified atom stereocenters. The molecule has 0 aliphatic heterocycles. The summed E-state index contributed by atoms with van der Waals surface area (Å²) >= 11 is 0. The number of nitrogens with one attached hydrogen (secondary N) is 2. The molecule has 20 heavy (non-hydrogen) atoms. The molecule has 0 bridgehead atoms. The molecule has 5 heteroatoms. The maximum absolute atomic E-state index is 11.3. The standard InChI is InChI=1S/C15H32N2O3/c1-3-5-7-9-11-19-13-16-15(18)17-14-20-12-10-8-6-4-2/h3-14H2,1-2H3,(H2,16,17,18). The molecule has 0 aliphatic rings. The second-order valence-electron chi connectivity index (χ2n) is 4.91. The molecule has 0 heterocycles. The molecule has 0 saturated heterocycles. The lowest BCUT2D eigenvalue weighted by molar-refractivity contribution is 0.103. The van der Waals surface area contributed by atoms with Crippen LogP contribution in [0, 0.1) is 0 Å². The predicted octanol–water partition coefficient (Wildman–Crippen LogP) is 3.39. The fourth-order valence-electron chi connectivity index (χ4n) is 1.70. The van der Waals surface area contributed by atoms with Crippen molar-refractivity contribution in [2.24, 2.45) is 0 Å². The van der Waals surface area contributed by atoms with Gasteiger partial charge in [0, 0.05) is 13.2 Å². The molecular weight excluding hydrogens is 256 g/mol. The summed E-state index contributed by atoms with van der Waals surface area (Å²) in [7, 11) is 0. The van der Waals surface area contributed by atoms with E-state index >= 15 is 0 Å². The number of carbonyl (C=O) groups excluding carboxylic acids is 1. The minimum absolute atomic E-state index is 0.243. The monoisotopic (exact) mass is 288 g/mol. The van der Waals surface area contributed by atoms with Gasteiger partial charge in [0.25, 0.3) is 0 Å². The minimum atomic E-state index is -0.243. The Morgan fingerprint density at radius 1 is 0.750 bits per heavy atom. The molecule has 0 aromatic rings. The van der Waals surface area contributed by atoms with Crippen LogP contribution in [0.4, 0.5) is 4.79 Å². The van der Waals surface area contributed by atoms with Gasteiger partial charge in [0.2, 0.25) is 0 Å². The third kappa shape index (κ3) is 15.2. The summed E-state index contributed by atoms with van der Waals surface area (Å²) in [4.78, 5) is 11.3. The molecule has 0 radical (unpaired) electrons. The van der Waals surface area contributed by atoms with Crippen molar-refractivity contribution in [2.75, 3.05) is 26.7 Å². The van der Waals surface area contributed by atoms with Crippen molar-refractivity contribution >= 4 is 6.03 Å². The van der Waals surface area contributed by atoms with E-state index in [0.717, 1.165) is 12.8 Å². The third-order valence-electron chi connectivity index (χ3n) is 2.95. The second kappa shape index (κ2) is 16.2. The van der Waals surface area contributed by atoms with Crippen LogP contribution in [0.1, 0.15) is 65.2 Å². The van der Waals surface area contributed by atoms with Gasteiger partial charge in [0.1, 0.15) is 13.5 Å². The summed E-state index contributed by atoms with van der Waals surface area (Å²) in [6.45, 7) is 6.28. The lowest BCUT2D eigenvalue weighted by Gasteiger charge is -2.09. The number of ether oxygens (including phenoxy) is 2. The van der Waals surface area contributed by atoms with Crippen LogP contribution in [-0.4, -0.2) is 32.7 Å². The van der Waals surface area contributed by atoms with Crippen LogP contribution < -0.4 is 10.6 Å². The number of amides is 2. The molecule has 0 spiro atoms. The van der Waals surface area contributed by atoms with Crippen LogP contribution in [-0.2, 0) is 9.47 Å². The fourth-order valence-corrected chi connectivity index (χ4v) is 1.70. The quantitative estimate of drug-likeness (QED) is 0.380. The number of hydrogen-bond acceptors (Lipinski definition) is 3. The van der Waals surface area contributed by atoms with Crippen molar-refractivity contribution in [3.63, 3.8) is 0 Å². The number of rotatable bonds is 14. The van der Waals surface area contributed by atoms with E-state index < -0.39 is 0 Å². The summed E-state index contributed by atoms with van der Waals surface area (Å²) in [5.41, 5.74) is 0. The van der Waals surface area contributed by atoms with E-state index in [1.807, 2.05) is 0 Å². The van der Waals surface area contributed by atoms with E-state index in [0.29, 0.717) is 13.2 Å². The molecule has 0 rings (SSSR count). The molecule has 2 N–H and O–H groups in total. The highest BCUT2D eigenvalue weighted by molar-refractivity contribution is 5.73. The minimum Gasteiger partial charge on any atom is -0.361 e. The number of carbonyl (C=O) groups is 1. The van der Waals surface area contributed by atoms with Gasteiger partial charge in [-0.2, -0.15) is 0 Å². The Labute approximate surface area is 123 Å². The van der Waals surface area contributed by atoms with E-state index in [1.54, 1.807) is 0 Å². The largest absolute Gasteiger partial charge is 0.361 e. The smallest absolute Gasteiger partial charge is 0.318 e. The third-order valence-corrected chi connectivity index (χ3v) is 2.95. The Hall–Kier alpha value is -0.810. The van der Waals surface area contributed by atoms with Gasteiger partial charge in [0.05, 0.1) is 0 Å². The molecule has 0 aliphatic carbocycles. The summed E-state index contributed by atoms with van der Waals surface area (Å²) < 4.78 is 10.6. The summed E-state index contributed by atoms with van der Waals surface area (Å²) in [6, 6.07) is -0.243. The fraction of sp³-hybridized carbons (Fsp3) is 0.933. The lowest BCUT2D eigenvalue weighted by Crippen LogP contribution is -2.38. The first-order chi connectivity index (χ1) is 9.81. The Bertz CT molecular complexity index is 193. The van der Waals surface area contributed by atoms with Gasteiger partial charge >= 0.3 is 6.03 Å². The van der Waals surface area contributed by atoms with Gasteiger partial charge in [-0.3, -0.25) is 0 Å². The Morgan fingerprint density at radius 2 is 1.20 bits per heavy atom. The lowest BCUT2D eigenvalue weighted by atomic mass is 10.2. The first-order valence-electron chi connectivity index (χ1n) is 7.98. The zero-order valence-electron chi connectivity index (χ0n) is 13.2. The maximum Gasteiger partial charge on any atom is 0.318 e. The van der Waals surface area contributed by atoms with E-state index in [2.05, 4.69) is 24.5 Å². The zero-order chi connectivity index (χ0) is 14.9. The topological polar surface area (TPSA) is 59.6 Å². The summed E-state index contributed by atoms with van der Waals surface area (Å²) in [5, 5.41) is 5.26. The number of urea groups is 1. The van der Waals surface area contributed by atoms with Crippen LogP contribution in [0.2, 0.25) is 0 Å². The number of hydrogen-bond donors (Lipinski definition) is 2. The van der Waals surface area contributed by atoms with Crippen LogP contribution in [0.15, 0.2) is 0 Å². The van der Waals surface area contributed by atoms with Crippen molar-refractivity contribution < 1.29 is 14.3 Å². The van der Waals surface area contributed by atoms with Crippen LogP contribution in [0.25, 0.3) is 0 Å². The first kappa shape index (κ1) is 19.2. The Morgan fingerprint density at radius 3 is 1.60 bits per heavy atom. The highest BCUT2D eigenvalue weighted by Crippen LogP contribution is 1.98. The average Bonchev–Trinajstić information content (AvgIpc) is 2.45. The van der Waals surface area contributed by atoms with Crippen molar-refractivity contribution in [1.82, 2.24) is 10.6 Å². The number of unbranched alkanes of at least 4 members (excludes halogenated alkanes) is 6. The van der Waals surface area contributed by atoms with Gasteiger partial charge in [0.15, 0.2) is 0 Å². The van der Waals surface area contributed by atoms with Crippen molar-refractivity contribution in [3.8, 4) is 0 Å². The summed E-state index contributed by atoms with van der Waals surface area (Å²) in [6.07, 6.45) is 9.41. The highest BCUT2D eigenvalue weighted by Gasteiger charge is 1.98. The first-order valence-corrected chi connectivity index (χ1v) is 7.98. The molecule has 2 amide bonds. The predicted molar refractivity (Wildman–Crippen MR) is 81.6 cm³/mol. The molecule has 120 valence electrons. The van der Waals surface area contributed by atoms with Gasteiger partial charge in [-0.1, -0.05) is 52.4 Å². The molecule has 5 nitrogen and oxygen atoms in total. The summed E-state index contributed by atoms with van der Waals surface area (Å²) in [5.74, 6) is 0. The van der Waals surface area contributed by atoms with Gasteiger partial charge in [-0.15, -0.1) is 0 Å². The van der Waals surface area contributed by atoms with Gasteiger partial charge in [-0.25, -0.2) is 4.79 Å². The van der Waals surface area contributed by atoms with Gasteiger partial charge in [-0.05, 0) is 12.8 Å². The van der Waals surface area contributed by atoms with E-state index in [9.17, 15) is 4.79 Å². The Balaban J connectivity index is 3.13. The van der Waals surface area contributed by atoms with Crippen molar-refractivity contribution in [3.05, 3.63) is 0 Å². The molecule has 0 aromatic carbocycles. The van der Waals surface area contributed by atoms with E-state index in [1.165, 1.54) is 38.5 Å². The second-order valence-corrected chi connectivity index (χ2v) is 4.91. The molecule has 0 aromatic heterocycles. The maximum atomic E-state index is 11.3. The van der Waals surface area contributed by atoms with E-state index in [4.69, 9.17) is 9.47 Å². The van der Waals surface area contributed by atoms with Crippen molar-refractivity contribution in [1.29, 1.82) is 0 Å². The van der Waals surface area contributed by atoms with Gasteiger partial charge < -0.3 is 20.1 Å². The molecule has 0 atom stereocenters. The van der Waals surface area contributed by atoms with Crippen LogP contribution in [0.5, 0.6) is 0 Å². The van der Waals surface area contributed by atoms with Crippen LogP contribution in [0.3, 0.4) is 0 Å². The van der Waals surface area contributed by atoms with E-state index in [-0.39, 0.29) is 19.5 Å². The molecule has 0 fully saturated rings. The van der Waals surface area contributed by atoms with Crippen molar-refractivity contribution in [2.45, 2.75) is 65.2 Å². The normalized spacial score (nSPS) is 10.5. The highest BCUT2D eigenvalue weighted by atomic mass is 16.5. The average molecular weight is 288 g/mol. The SMILES string of the molecule is CCCCCCOCNC(=O)NCOCCCCCC. The zero-order valence-corrected chi connectivity index (χ0v) is 13.2. The Kier molecular flexibility index (Phi) is 15.6.